The second kappa shape index (κ2) is 8.95. The number of hydrogen-bond donors (Lipinski definition) is 1. The molecule has 9 heteroatoms. The lowest BCUT2D eigenvalue weighted by Crippen LogP contribution is -2.25. The van der Waals surface area contributed by atoms with Crippen LogP contribution in [0, 0.1) is 5.82 Å². The van der Waals surface area contributed by atoms with Crippen LogP contribution in [0.25, 0.3) is 22.7 Å². The van der Waals surface area contributed by atoms with Gasteiger partial charge in [0.25, 0.3) is 16.7 Å². The Hall–Kier alpha value is -4.24. The van der Waals surface area contributed by atoms with Gasteiger partial charge in [-0.1, -0.05) is 24.3 Å². The fraction of sp³-hybridized carbons (Fsp3) is 0.0400. The van der Waals surface area contributed by atoms with Gasteiger partial charge >= 0.3 is 0 Å². The Labute approximate surface area is 196 Å². The number of imide groups is 1. The van der Waals surface area contributed by atoms with Crippen molar-refractivity contribution >= 4 is 39.9 Å². The number of carbonyl (C=O) groups is 2. The smallest absolute Gasteiger partial charge is 0.290 e. The second-order valence-electron chi connectivity index (χ2n) is 7.37. The van der Waals surface area contributed by atoms with Crippen LogP contribution in [0.4, 0.5) is 9.18 Å². The van der Waals surface area contributed by atoms with Gasteiger partial charge in [0.05, 0.1) is 21.5 Å². The van der Waals surface area contributed by atoms with E-state index in [2.05, 4.69) is 10.3 Å². The van der Waals surface area contributed by atoms with Crippen LogP contribution in [0.5, 0.6) is 5.75 Å². The lowest BCUT2D eigenvalue weighted by molar-refractivity contribution is -0.115. The molecule has 1 saturated heterocycles. The van der Waals surface area contributed by atoms with E-state index in [1.807, 2.05) is 0 Å². The van der Waals surface area contributed by atoms with Gasteiger partial charge in [-0.2, -0.15) is 0 Å². The summed E-state index contributed by atoms with van der Waals surface area (Å²) >= 11 is 0.849. The number of nitrogens with one attached hydrogen (secondary N) is 1. The van der Waals surface area contributed by atoms with E-state index in [-0.39, 0.29) is 12.2 Å². The van der Waals surface area contributed by atoms with Gasteiger partial charge in [0.2, 0.25) is 0 Å². The summed E-state index contributed by atoms with van der Waals surface area (Å²) in [6, 6.07) is 19.5. The highest BCUT2D eigenvalue weighted by atomic mass is 32.2. The van der Waals surface area contributed by atoms with Crippen molar-refractivity contribution in [3.63, 3.8) is 0 Å². The van der Waals surface area contributed by atoms with Crippen molar-refractivity contribution in [2.45, 2.75) is 6.61 Å². The van der Waals surface area contributed by atoms with Crippen molar-refractivity contribution < 1.29 is 18.7 Å². The number of hydrogen-bond acceptors (Lipinski definition) is 6. The SMILES string of the molecule is O=C1NC(=O)/C(=C\c2ccc(OCc3nc4ccccc4c(=O)n3-c3ccc(F)cc3)cc2)S1. The first-order valence-electron chi connectivity index (χ1n) is 10.2. The number of aromatic nitrogens is 2. The van der Waals surface area contributed by atoms with E-state index in [1.165, 1.54) is 28.8 Å². The lowest BCUT2D eigenvalue weighted by atomic mass is 10.2. The number of fused-ring (bicyclic) bond motifs is 1. The minimum Gasteiger partial charge on any atom is -0.486 e. The summed E-state index contributed by atoms with van der Waals surface area (Å²) in [4.78, 5) is 41.1. The minimum atomic E-state index is -0.420. The molecule has 2 heterocycles. The summed E-state index contributed by atoms with van der Waals surface area (Å²) in [7, 11) is 0. The molecule has 0 aliphatic carbocycles. The van der Waals surface area contributed by atoms with E-state index in [0.717, 1.165) is 17.3 Å². The summed E-state index contributed by atoms with van der Waals surface area (Å²) in [6.07, 6.45) is 1.62. The van der Waals surface area contributed by atoms with E-state index in [1.54, 1.807) is 54.6 Å². The Bertz CT molecular complexity index is 1510. The molecule has 3 aromatic carbocycles. The monoisotopic (exact) mass is 473 g/mol. The first-order valence-corrected chi connectivity index (χ1v) is 11.0. The number of para-hydroxylation sites is 1. The Morgan fingerprint density at radius 3 is 2.41 bits per heavy atom. The molecule has 1 aromatic heterocycles. The number of nitrogens with zero attached hydrogens (tertiary/aromatic N) is 2. The molecule has 0 atom stereocenters. The third-order valence-electron chi connectivity index (χ3n) is 5.12. The molecule has 1 N–H and O–H groups in total. The largest absolute Gasteiger partial charge is 0.486 e. The molecule has 0 unspecified atom stereocenters. The van der Waals surface area contributed by atoms with Gasteiger partial charge in [-0.25, -0.2) is 9.37 Å². The Morgan fingerprint density at radius 1 is 0.971 bits per heavy atom. The molecular weight excluding hydrogens is 457 g/mol. The predicted octanol–water partition coefficient (Wildman–Crippen LogP) is 4.43. The van der Waals surface area contributed by atoms with Gasteiger partial charge < -0.3 is 4.74 Å². The average molecular weight is 473 g/mol. The van der Waals surface area contributed by atoms with Crippen LogP contribution in [-0.2, 0) is 11.4 Å². The van der Waals surface area contributed by atoms with Crippen molar-refractivity contribution in [2.24, 2.45) is 0 Å². The number of rotatable bonds is 5. The summed E-state index contributed by atoms with van der Waals surface area (Å²) in [5.41, 5.74) is 1.46. The number of amides is 2. The van der Waals surface area contributed by atoms with Crippen molar-refractivity contribution in [1.82, 2.24) is 14.9 Å². The highest BCUT2D eigenvalue weighted by molar-refractivity contribution is 8.18. The molecule has 0 bridgehead atoms. The quantitative estimate of drug-likeness (QED) is 0.432. The molecule has 4 aromatic rings. The molecule has 1 aliphatic rings. The van der Waals surface area contributed by atoms with E-state index in [0.29, 0.717) is 33.1 Å². The molecule has 1 fully saturated rings. The number of halogens is 1. The van der Waals surface area contributed by atoms with Crippen LogP contribution in [0.1, 0.15) is 11.4 Å². The van der Waals surface area contributed by atoms with E-state index in [4.69, 9.17) is 4.74 Å². The maximum atomic E-state index is 13.5. The zero-order valence-electron chi connectivity index (χ0n) is 17.5. The Morgan fingerprint density at radius 2 is 1.71 bits per heavy atom. The molecule has 0 saturated carbocycles. The summed E-state index contributed by atoms with van der Waals surface area (Å²) in [5.74, 6) is 0.0570. The number of carbonyl (C=O) groups excluding carboxylic acids is 2. The third-order valence-corrected chi connectivity index (χ3v) is 5.93. The summed E-state index contributed by atoms with van der Waals surface area (Å²) in [6.45, 7) is -0.00928. The fourth-order valence-electron chi connectivity index (χ4n) is 3.51. The van der Waals surface area contributed by atoms with Crippen molar-refractivity contribution in [1.29, 1.82) is 0 Å². The van der Waals surface area contributed by atoms with Crippen LogP contribution in [0.3, 0.4) is 0 Å². The van der Waals surface area contributed by atoms with Crippen molar-refractivity contribution in [3.8, 4) is 11.4 Å². The topological polar surface area (TPSA) is 90.3 Å². The highest BCUT2D eigenvalue weighted by Crippen LogP contribution is 2.26. The summed E-state index contributed by atoms with van der Waals surface area (Å²) < 4.78 is 20.8. The fourth-order valence-corrected chi connectivity index (χ4v) is 4.19. The maximum absolute atomic E-state index is 13.5. The Kier molecular flexibility index (Phi) is 5.69. The molecule has 34 heavy (non-hydrogen) atoms. The molecule has 5 rings (SSSR count). The lowest BCUT2D eigenvalue weighted by Gasteiger charge is -2.14. The first-order chi connectivity index (χ1) is 16.5. The molecule has 7 nitrogen and oxygen atoms in total. The van der Waals surface area contributed by atoms with Crippen molar-refractivity contribution in [3.05, 3.63) is 105 Å². The third kappa shape index (κ3) is 4.33. The van der Waals surface area contributed by atoms with Crippen LogP contribution in [-0.4, -0.2) is 20.7 Å². The highest BCUT2D eigenvalue weighted by Gasteiger charge is 2.24. The zero-order valence-corrected chi connectivity index (χ0v) is 18.3. The van der Waals surface area contributed by atoms with Crippen LogP contribution >= 0.6 is 11.8 Å². The normalized spacial score (nSPS) is 14.6. The van der Waals surface area contributed by atoms with Crippen molar-refractivity contribution in [2.75, 3.05) is 0 Å². The maximum Gasteiger partial charge on any atom is 0.290 e. The van der Waals surface area contributed by atoms with E-state index in [9.17, 15) is 18.8 Å². The molecule has 1 aliphatic heterocycles. The van der Waals surface area contributed by atoms with Gasteiger partial charge in [-0.3, -0.25) is 24.3 Å². The second-order valence-corrected chi connectivity index (χ2v) is 8.39. The number of benzene rings is 3. The number of thioether (sulfide) groups is 1. The van der Waals surface area contributed by atoms with E-state index >= 15 is 0 Å². The molecular formula is C25H16FN3O4S. The number of ether oxygens (including phenoxy) is 1. The molecule has 168 valence electrons. The van der Waals surface area contributed by atoms with Crippen LogP contribution in [0.2, 0.25) is 0 Å². The van der Waals surface area contributed by atoms with Gasteiger partial charge in [-0.05, 0) is 71.9 Å². The summed E-state index contributed by atoms with van der Waals surface area (Å²) in [5, 5.41) is 2.26. The molecule has 0 spiro atoms. The Balaban J connectivity index is 1.44. The van der Waals surface area contributed by atoms with Gasteiger partial charge in [0, 0.05) is 0 Å². The van der Waals surface area contributed by atoms with Crippen LogP contribution in [0.15, 0.2) is 82.5 Å². The average Bonchev–Trinajstić information content (AvgIpc) is 3.16. The standard InChI is InChI=1S/C25H16FN3O4S/c26-16-7-9-17(10-8-16)29-22(27-20-4-2-1-3-19(20)24(29)31)14-33-18-11-5-15(6-12-18)13-21-23(30)28-25(32)34-21/h1-13H,14H2,(H,28,30,32)/b21-13+. The van der Waals surface area contributed by atoms with E-state index < -0.39 is 17.0 Å². The zero-order chi connectivity index (χ0) is 23.7. The minimum absolute atomic E-state index is 0.00928. The van der Waals surface area contributed by atoms with Gasteiger partial charge in [-0.15, -0.1) is 0 Å². The first kappa shape index (κ1) is 21.6. The molecule has 0 radical (unpaired) electrons. The predicted molar refractivity (Wildman–Crippen MR) is 127 cm³/mol. The van der Waals surface area contributed by atoms with Gasteiger partial charge in [0.15, 0.2) is 5.82 Å². The molecule has 2 amide bonds. The van der Waals surface area contributed by atoms with Crippen LogP contribution < -0.4 is 15.6 Å². The van der Waals surface area contributed by atoms with Gasteiger partial charge in [0.1, 0.15) is 18.2 Å².